The third-order valence-electron chi connectivity index (χ3n) is 2.51. The van der Waals surface area contributed by atoms with Gasteiger partial charge in [-0.1, -0.05) is 24.3 Å². The van der Waals surface area contributed by atoms with Gasteiger partial charge >= 0.3 is 0 Å². The van der Waals surface area contributed by atoms with Crippen molar-refractivity contribution in [1.29, 1.82) is 0 Å². The van der Waals surface area contributed by atoms with E-state index in [0.717, 1.165) is 16.8 Å². The zero-order valence-electron chi connectivity index (χ0n) is 11.0. The van der Waals surface area contributed by atoms with Gasteiger partial charge < -0.3 is 16.8 Å². The van der Waals surface area contributed by atoms with Crippen LogP contribution in [0.2, 0.25) is 0 Å². The Morgan fingerprint density at radius 2 is 2.05 bits per heavy atom. The van der Waals surface area contributed by atoms with Gasteiger partial charge in [0.1, 0.15) is 0 Å². The van der Waals surface area contributed by atoms with Gasteiger partial charge in [0.05, 0.1) is 5.69 Å². The van der Waals surface area contributed by atoms with Gasteiger partial charge in [-0.2, -0.15) is 4.99 Å². The van der Waals surface area contributed by atoms with Crippen LogP contribution in [0, 0.1) is 0 Å². The first kappa shape index (κ1) is 14.0. The molecule has 0 atom stereocenters. The van der Waals surface area contributed by atoms with Crippen LogP contribution in [-0.4, -0.2) is 16.9 Å². The molecule has 0 unspecified atom stereocenters. The van der Waals surface area contributed by atoms with Gasteiger partial charge in [-0.25, -0.2) is 4.98 Å². The van der Waals surface area contributed by atoms with Crippen LogP contribution < -0.4 is 16.8 Å². The van der Waals surface area contributed by atoms with E-state index in [4.69, 9.17) is 11.5 Å². The minimum Gasteiger partial charge on any atom is -0.370 e. The summed E-state index contributed by atoms with van der Waals surface area (Å²) in [6, 6.07) is 7.80. The number of amides is 1. The summed E-state index contributed by atoms with van der Waals surface area (Å²) < 4.78 is 0. The van der Waals surface area contributed by atoms with Crippen molar-refractivity contribution in [3.63, 3.8) is 0 Å². The summed E-state index contributed by atoms with van der Waals surface area (Å²) >= 11 is 1.38. The van der Waals surface area contributed by atoms with E-state index in [2.05, 4.69) is 15.3 Å². The lowest BCUT2D eigenvalue weighted by Gasteiger charge is -2.03. The topological polar surface area (TPSA) is 106 Å². The molecule has 0 bridgehead atoms. The van der Waals surface area contributed by atoms with Crippen LogP contribution in [0.4, 0.5) is 5.13 Å². The molecule has 2 rings (SSSR count). The van der Waals surface area contributed by atoms with Gasteiger partial charge in [0.25, 0.3) is 0 Å². The molecule has 0 aliphatic heterocycles. The van der Waals surface area contributed by atoms with Crippen LogP contribution >= 0.6 is 11.3 Å². The molecule has 0 fully saturated rings. The van der Waals surface area contributed by atoms with E-state index in [1.54, 1.807) is 0 Å². The molecule has 0 saturated carbocycles. The highest BCUT2D eigenvalue weighted by atomic mass is 32.1. The van der Waals surface area contributed by atoms with E-state index in [0.29, 0.717) is 11.7 Å². The van der Waals surface area contributed by atoms with Crippen molar-refractivity contribution in [1.82, 2.24) is 10.3 Å². The molecule has 0 spiro atoms. The number of hydrogen-bond acceptors (Lipinski definition) is 4. The number of rotatable bonds is 4. The molecule has 20 heavy (non-hydrogen) atoms. The molecule has 1 aromatic carbocycles. The lowest BCUT2D eigenvalue weighted by atomic mass is 10.1. The quantitative estimate of drug-likeness (QED) is 0.583. The second-order valence-corrected chi connectivity index (χ2v) is 5.00. The summed E-state index contributed by atoms with van der Waals surface area (Å²) in [6.07, 6.45) is 0. The number of aromatic nitrogens is 1. The Labute approximate surface area is 120 Å². The van der Waals surface area contributed by atoms with Gasteiger partial charge in [-0.3, -0.25) is 4.79 Å². The molecule has 1 amide bonds. The molecule has 0 aliphatic rings. The first-order valence-electron chi connectivity index (χ1n) is 5.93. The van der Waals surface area contributed by atoms with Crippen LogP contribution in [0.5, 0.6) is 0 Å². The van der Waals surface area contributed by atoms with E-state index in [9.17, 15) is 4.79 Å². The zero-order valence-corrected chi connectivity index (χ0v) is 11.8. The van der Waals surface area contributed by atoms with Crippen molar-refractivity contribution >= 4 is 28.3 Å². The lowest BCUT2D eigenvalue weighted by Crippen LogP contribution is -2.21. The summed E-state index contributed by atoms with van der Waals surface area (Å²) in [5.41, 5.74) is 13.4. The number of benzene rings is 1. The van der Waals surface area contributed by atoms with Crippen LogP contribution in [0.1, 0.15) is 12.5 Å². The Morgan fingerprint density at radius 3 is 2.65 bits per heavy atom. The number of thiazole rings is 1. The number of carbonyl (C=O) groups excluding carboxylic acids is 1. The third kappa shape index (κ3) is 3.79. The van der Waals surface area contributed by atoms with E-state index >= 15 is 0 Å². The molecule has 1 aromatic heterocycles. The highest BCUT2D eigenvalue weighted by molar-refractivity contribution is 7.13. The maximum Gasteiger partial charge on any atom is 0.217 e. The first-order valence-corrected chi connectivity index (χ1v) is 6.81. The maximum atomic E-state index is 10.8. The highest BCUT2D eigenvalue weighted by Gasteiger charge is 2.04. The zero-order chi connectivity index (χ0) is 14.5. The summed E-state index contributed by atoms with van der Waals surface area (Å²) in [5, 5.41) is 5.17. The number of carbonyl (C=O) groups is 1. The van der Waals surface area contributed by atoms with Crippen LogP contribution in [0.25, 0.3) is 11.3 Å². The SMILES string of the molecule is CC(=O)NCc1ccc(-c2csc(N=C(N)N)n2)cc1. The second kappa shape index (κ2) is 6.16. The molecule has 0 radical (unpaired) electrons. The van der Waals surface area contributed by atoms with E-state index < -0.39 is 0 Å². The molecular weight excluding hydrogens is 274 g/mol. The Kier molecular flexibility index (Phi) is 4.31. The standard InChI is InChI=1S/C13H15N5OS/c1-8(19)16-6-9-2-4-10(5-3-9)11-7-20-13(17-11)18-12(14)15/h2-5,7H,6H2,1H3,(H,16,19)(H4,14,15,17,18). The fourth-order valence-corrected chi connectivity index (χ4v) is 2.29. The van der Waals surface area contributed by atoms with Crippen LogP contribution in [0.3, 0.4) is 0 Å². The largest absolute Gasteiger partial charge is 0.370 e. The maximum absolute atomic E-state index is 10.8. The fraction of sp³-hybridized carbons (Fsp3) is 0.154. The van der Waals surface area contributed by atoms with E-state index in [-0.39, 0.29) is 11.9 Å². The molecule has 0 saturated heterocycles. The van der Waals surface area contributed by atoms with Crippen molar-refractivity contribution in [3.8, 4) is 11.3 Å². The molecule has 7 heteroatoms. The monoisotopic (exact) mass is 289 g/mol. The molecule has 6 nitrogen and oxygen atoms in total. The first-order chi connectivity index (χ1) is 9.54. The van der Waals surface area contributed by atoms with E-state index in [1.807, 2.05) is 29.6 Å². The third-order valence-corrected chi connectivity index (χ3v) is 3.24. The van der Waals surface area contributed by atoms with Gasteiger partial charge in [0, 0.05) is 24.4 Å². The summed E-state index contributed by atoms with van der Waals surface area (Å²) in [6.45, 7) is 2.01. The number of aliphatic imine (C=N–C) groups is 1. The Hall–Kier alpha value is -2.41. The fourth-order valence-electron chi connectivity index (χ4n) is 1.58. The molecular formula is C13H15N5OS. The molecule has 5 N–H and O–H groups in total. The average molecular weight is 289 g/mol. The predicted molar refractivity (Wildman–Crippen MR) is 80.5 cm³/mol. The number of nitrogens with zero attached hydrogens (tertiary/aromatic N) is 2. The predicted octanol–water partition coefficient (Wildman–Crippen LogP) is 1.35. The van der Waals surface area contributed by atoms with Gasteiger partial charge in [-0.15, -0.1) is 11.3 Å². The van der Waals surface area contributed by atoms with Crippen molar-refractivity contribution in [2.75, 3.05) is 0 Å². The molecule has 1 heterocycles. The van der Waals surface area contributed by atoms with Gasteiger partial charge in [0.2, 0.25) is 11.0 Å². The van der Waals surface area contributed by atoms with Gasteiger partial charge in [0.15, 0.2) is 5.96 Å². The minimum atomic E-state index is -0.0459. The van der Waals surface area contributed by atoms with Crippen LogP contribution in [0.15, 0.2) is 34.6 Å². The second-order valence-electron chi connectivity index (χ2n) is 4.16. The number of guanidine groups is 1. The Morgan fingerprint density at radius 1 is 1.35 bits per heavy atom. The molecule has 104 valence electrons. The molecule has 0 aliphatic carbocycles. The summed E-state index contributed by atoms with van der Waals surface area (Å²) in [5.74, 6) is -0.0491. The average Bonchev–Trinajstić information content (AvgIpc) is 2.84. The van der Waals surface area contributed by atoms with Crippen molar-refractivity contribution in [2.24, 2.45) is 16.5 Å². The number of hydrogen-bond donors (Lipinski definition) is 3. The van der Waals surface area contributed by atoms with Crippen molar-refractivity contribution in [3.05, 3.63) is 35.2 Å². The molecule has 2 aromatic rings. The highest BCUT2D eigenvalue weighted by Crippen LogP contribution is 2.26. The Bertz CT molecular complexity index is 628. The summed E-state index contributed by atoms with van der Waals surface area (Å²) in [4.78, 5) is 19.1. The van der Waals surface area contributed by atoms with Crippen LogP contribution in [-0.2, 0) is 11.3 Å². The van der Waals surface area contributed by atoms with E-state index in [1.165, 1.54) is 18.3 Å². The Balaban J connectivity index is 2.11. The number of nitrogens with two attached hydrogens (primary N) is 2. The van der Waals surface area contributed by atoms with Gasteiger partial charge in [-0.05, 0) is 5.56 Å². The number of nitrogens with one attached hydrogen (secondary N) is 1. The minimum absolute atomic E-state index is 0.00319. The van der Waals surface area contributed by atoms with Crippen molar-refractivity contribution in [2.45, 2.75) is 13.5 Å². The smallest absolute Gasteiger partial charge is 0.217 e. The normalized spacial score (nSPS) is 10.1. The summed E-state index contributed by atoms with van der Waals surface area (Å²) in [7, 11) is 0. The van der Waals surface area contributed by atoms with Crippen molar-refractivity contribution < 1.29 is 4.79 Å². The lowest BCUT2D eigenvalue weighted by molar-refractivity contribution is -0.119.